The van der Waals surface area contributed by atoms with Crippen molar-refractivity contribution in [1.82, 2.24) is 19.1 Å². The number of hydrogen-bond donors (Lipinski definition) is 1. The summed E-state index contributed by atoms with van der Waals surface area (Å²) in [7, 11) is -0.655. The molecule has 3 heterocycles. The van der Waals surface area contributed by atoms with Gasteiger partial charge >= 0.3 is 6.18 Å². The summed E-state index contributed by atoms with van der Waals surface area (Å²) in [6.45, 7) is 1.48. The van der Waals surface area contributed by atoms with Crippen LogP contribution in [-0.4, -0.2) is 40.3 Å². The van der Waals surface area contributed by atoms with Crippen molar-refractivity contribution in [3.8, 4) is 11.5 Å². The smallest absolute Gasteiger partial charge is 0.373 e. The van der Waals surface area contributed by atoms with Gasteiger partial charge in [-0.05, 0) is 31.0 Å². The van der Waals surface area contributed by atoms with Crippen LogP contribution >= 0.6 is 0 Å². The quantitative estimate of drug-likeness (QED) is 0.635. The molecule has 3 aromatic rings. The highest BCUT2D eigenvalue weighted by atomic mass is 32.2. The maximum Gasteiger partial charge on any atom is 0.431 e. The lowest BCUT2D eigenvalue weighted by Gasteiger charge is -2.15. The average Bonchev–Trinajstić information content (AvgIpc) is 3.49. The van der Waals surface area contributed by atoms with Crippen LogP contribution in [0, 0.1) is 0 Å². The molecule has 3 aromatic heterocycles. The van der Waals surface area contributed by atoms with Crippen molar-refractivity contribution in [2.24, 2.45) is 7.05 Å². The number of aromatic nitrogens is 4. The van der Waals surface area contributed by atoms with Crippen LogP contribution in [0.15, 0.2) is 27.9 Å². The van der Waals surface area contributed by atoms with Gasteiger partial charge in [0.1, 0.15) is 22.7 Å². The SMILES string of the molecule is CCS(=O)(=O)c1ccc(NC)nc1-c1nc2cc(C(F)(F)F)n(C3CC3)c(=O)c2n1C. The van der Waals surface area contributed by atoms with Crippen molar-refractivity contribution < 1.29 is 21.6 Å². The number of sulfone groups is 1. The van der Waals surface area contributed by atoms with Gasteiger partial charge in [-0.2, -0.15) is 13.2 Å². The van der Waals surface area contributed by atoms with E-state index in [2.05, 4.69) is 15.3 Å². The van der Waals surface area contributed by atoms with Crippen molar-refractivity contribution in [2.45, 2.75) is 36.9 Å². The molecule has 4 rings (SSSR count). The number of anilines is 1. The van der Waals surface area contributed by atoms with Gasteiger partial charge in [0.25, 0.3) is 5.56 Å². The van der Waals surface area contributed by atoms with Crippen LogP contribution in [-0.2, 0) is 23.1 Å². The largest absolute Gasteiger partial charge is 0.431 e. The van der Waals surface area contributed by atoms with E-state index in [-0.39, 0.29) is 33.2 Å². The Balaban J connectivity index is 2.07. The third kappa shape index (κ3) is 3.48. The second-order valence-electron chi connectivity index (χ2n) is 7.36. The van der Waals surface area contributed by atoms with Crippen molar-refractivity contribution in [3.05, 3.63) is 34.2 Å². The van der Waals surface area contributed by atoms with Gasteiger partial charge in [0.2, 0.25) is 0 Å². The predicted molar refractivity (Wildman–Crippen MR) is 109 cm³/mol. The highest BCUT2D eigenvalue weighted by molar-refractivity contribution is 7.91. The molecule has 1 N–H and O–H groups in total. The molecule has 31 heavy (non-hydrogen) atoms. The predicted octanol–water partition coefficient (Wildman–Crippen LogP) is 2.99. The number of imidazole rings is 1. The molecular formula is C19H20F3N5O3S. The maximum absolute atomic E-state index is 13.6. The minimum atomic E-state index is -4.73. The van der Waals surface area contributed by atoms with E-state index < -0.39 is 33.3 Å². The van der Waals surface area contributed by atoms with Gasteiger partial charge in [-0.3, -0.25) is 9.36 Å². The summed E-state index contributed by atoms with van der Waals surface area (Å²) in [4.78, 5) is 21.5. The summed E-state index contributed by atoms with van der Waals surface area (Å²) in [6.07, 6.45) is -3.75. The Hall–Kier alpha value is -2.89. The van der Waals surface area contributed by atoms with Gasteiger partial charge in [0.15, 0.2) is 15.7 Å². The van der Waals surface area contributed by atoms with E-state index >= 15 is 0 Å². The summed E-state index contributed by atoms with van der Waals surface area (Å²) in [5.41, 5.74) is -2.10. The lowest BCUT2D eigenvalue weighted by molar-refractivity contribution is -0.144. The first-order chi connectivity index (χ1) is 14.5. The first-order valence-electron chi connectivity index (χ1n) is 9.60. The molecule has 8 nitrogen and oxygen atoms in total. The number of rotatable bonds is 5. The fraction of sp³-hybridized carbons (Fsp3) is 0.421. The monoisotopic (exact) mass is 455 g/mol. The van der Waals surface area contributed by atoms with Crippen molar-refractivity contribution in [1.29, 1.82) is 0 Å². The Morgan fingerprint density at radius 2 is 1.90 bits per heavy atom. The van der Waals surface area contributed by atoms with Crippen LogP contribution < -0.4 is 10.9 Å². The van der Waals surface area contributed by atoms with E-state index in [1.165, 1.54) is 30.7 Å². The van der Waals surface area contributed by atoms with Gasteiger partial charge < -0.3 is 9.88 Å². The van der Waals surface area contributed by atoms with Gasteiger partial charge in [0.05, 0.1) is 16.2 Å². The molecule has 0 aliphatic heterocycles. The Morgan fingerprint density at radius 3 is 2.45 bits per heavy atom. The lowest BCUT2D eigenvalue weighted by atomic mass is 10.2. The van der Waals surface area contributed by atoms with Crippen molar-refractivity contribution in [2.75, 3.05) is 18.1 Å². The highest BCUT2D eigenvalue weighted by Crippen LogP contribution is 2.40. The number of nitrogens with one attached hydrogen (secondary N) is 1. The summed E-state index contributed by atoms with van der Waals surface area (Å²) in [5, 5.41) is 2.80. The first kappa shape index (κ1) is 21.3. The molecule has 1 saturated carbocycles. The molecule has 1 aliphatic carbocycles. The normalized spacial score (nSPS) is 14.9. The summed E-state index contributed by atoms with van der Waals surface area (Å²) >= 11 is 0. The number of hydrogen-bond acceptors (Lipinski definition) is 6. The Kier molecular flexibility index (Phi) is 4.87. The molecule has 0 unspecified atom stereocenters. The molecule has 1 fully saturated rings. The van der Waals surface area contributed by atoms with Crippen molar-refractivity contribution in [3.63, 3.8) is 0 Å². The number of aryl methyl sites for hydroxylation is 1. The van der Waals surface area contributed by atoms with Crippen LogP contribution in [0.5, 0.6) is 0 Å². The zero-order chi connectivity index (χ0) is 22.7. The van der Waals surface area contributed by atoms with Crippen molar-refractivity contribution >= 4 is 26.7 Å². The van der Waals surface area contributed by atoms with E-state index in [9.17, 15) is 26.4 Å². The third-order valence-electron chi connectivity index (χ3n) is 5.32. The van der Waals surface area contributed by atoms with E-state index in [0.717, 1.165) is 10.6 Å². The second kappa shape index (κ2) is 7.08. The number of halogens is 3. The fourth-order valence-electron chi connectivity index (χ4n) is 3.57. The lowest BCUT2D eigenvalue weighted by Crippen LogP contribution is -2.28. The molecule has 12 heteroatoms. The topological polar surface area (TPSA) is 98.9 Å². The fourth-order valence-corrected chi connectivity index (χ4v) is 4.59. The molecule has 0 aromatic carbocycles. The third-order valence-corrected chi connectivity index (χ3v) is 7.08. The van der Waals surface area contributed by atoms with Gasteiger partial charge in [-0.1, -0.05) is 6.92 Å². The summed E-state index contributed by atoms with van der Waals surface area (Å²) in [6, 6.07) is 3.19. The molecule has 0 amide bonds. The summed E-state index contributed by atoms with van der Waals surface area (Å²) < 4.78 is 68.2. The molecule has 0 saturated heterocycles. The number of alkyl halides is 3. The van der Waals surface area contributed by atoms with Gasteiger partial charge in [-0.25, -0.2) is 18.4 Å². The molecular weight excluding hydrogens is 435 g/mol. The van der Waals surface area contributed by atoms with Gasteiger partial charge in [-0.15, -0.1) is 0 Å². The second-order valence-corrected chi connectivity index (χ2v) is 9.61. The van der Waals surface area contributed by atoms with Crippen LogP contribution in [0.3, 0.4) is 0 Å². The molecule has 0 bridgehead atoms. The Bertz CT molecular complexity index is 1350. The van der Waals surface area contributed by atoms with E-state index in [1.807, 2.05) is 0 Å². The summed E-state index contributed by atoms with van der Waals surface area (Å²) in [5.74, 6) is 0.151. The zero-order valence-electron chi connectivity index (χ0n) is 17.0. The maximum atomic E-state index is 13.6. The van der Waals surface area contributed by atoms with E-state index in [0.29, 0.717) is 18.7 Å². The molecule has 0 spiro atoms. The van der Waals surface area contributed by atoms with Crippen LogP contribution in [0.25, 0.3) is 22.6 Å². The van der Waals surface area contributed by atoms with E-state index in [1.54, 1.807) is 7.05 Å². The highest BCUT2D eigenvalue weighted by Gasteiger charge is 2.40. The molecule has 0 radical (unpaired) electrons. The average molecular weight is 455 g/mol. The molecule has 0 atom stereocenters. The number of nitrogens with zero attached hydrogens (tertiary/aromatic N) is 4. The molecule has 166 valence electrons. The minimum absolute atomic E-state index is 0.00195. The standard InChI is InChI=1S/C19H20F3N5O3S/c1-4-31(29,30)12-7-8-14(23-2)25-15(12)17-24-11-9-13(19(20,21)22)27(10-5-6-10)18(28)16(11)26(17)3/h7-10H,4-6H2,1-3H3,(H,23,25). The Labute approximate surface area is 175 Å². The van der Waals surface area contributed by atoms with Crippen LogP contribution in [0.4, 0.5) is 19.0 Å². The zero-order valence-corrected chi connectivity index (χ0v) is 17.8. The van der Waals surface area contributed by atoms with Crippen LogP contribution in [0.2, 0.25) is 0 Å². The molecule has 1 aliphatic rings. The first-order valence-corrected chi connectivity index (χ1v) is 11.3. The number of pyridine rings is 2. The minimum Gasteiger partial charge on any atom is -0.373 e. The van der Waals surface area contributed by atoms with Crippen LogP contribution in [0.1, 0.15) is 31.5 Å². The Morgan fingerprint density at radius 1 is 1.23 bits per heavy atom. The van der Waals surface area contributed by atoms with E-state index in [4.69, 9.17) is 0 Å². The number of fused-ring (bicyclic) bond motifs is 1. The van der Waals surface area contributed by atoms with Gasteiger partial charge in [0, 0.05) is 20.1 Å².